The topological polar surface area (TPSA) is 63.1 Å². The molecule has 0 fully saturated rings. The summed E-state index contributed by atoms with van der Waals surface area (Å²) < 4.78 is 10.7. The summed E-state index contributed by atoms with van der Waals surface area (Å²) in [5.74, 6) is 0.286. The maximum absolute atomic E-state index is 12.2. The molecule has 7 heteroatoms. The predicted molar refractivity (Wildman–Crippen MR) is 216 cm³/mol. The summed E-state index contributed by atoms with van der Waals surface area (Å²) in [6, 6.07) is 18.7. The monoisotopic (exact) mass is 887 g/mol. The molecule has 0 unspecified atom stereocenters. The summed E-state index contributed by atoms with van der Waals surface area (Å²) in [7, 11) is -1.46. The number of aliphatic hydroxyl groups is 1. The van der Waals surface area contributed by atoms with Crippen LogP contribution in [-0.2, 0) is 30.3 Å². The molecule has 4 nitrogen and oxygen atoms in total. The van der Waals surface area contributed by atoms with Crippen LogP contribution >= 0.6 is 11.3 Å². The second kappa shape index (κ2) is 15.9. The van der Waals surface area contributed by atoms with Crippen LogP contribution in [0, 0.1) is 23.8 Å². The van der Waals surface area contributed by atoms with Gasteiger partial charge >= 0.3 is 0 Å². The van der Waals surface area contributed by atoms with Crippen molar-refractivity contribution in [2.24, 2.45) is 10.8 Å². The number of hydrogen-bond donors (Lipinski definition) is 1. The number of benzene rings is 3. The van der Waals surface area contributed by atoms with Gasteiger partial charge in [-0.1, -0.05) is 128 Å². The fourth-order valence-corrected chi connectivity index (χ4v) is 9.56. The third kappa shape index (κ3) is 8.33. The molecule has 271 valence electrons. The van der Waals surface area contributed by atoms with Gasteiger partial charge in [-0.3, -0.25) is 9.78 Å². The maximum Gasteiger partial charge on any atom is 0.164 e. The molecule has 0 spiro atoms. The number of aromatic nitrogens is 2. The Labute approximate surface area is 321 Å². The molecule has 1 N–H and O–H groups in total. The number of aryl methyl sites for hydroxylation is 1. The molecule has 5 rings (SSSR count). The van der Waals surface area contributed by atoms with E-state index in [1.165, 1.54) is 32.5 Å². The fourth-order valence-electron chi connectivity index (χ4n) is 6.39. The Bertz CT molecular complexity index is 2060. The molecule has 50 heavy (non-hydrogen) atoms. The van der Waals surface area contributed by atoms with Gasteiger partial charge in [-0.25, -0.2) is 4.98 Å². The van der Waals surface area contributed by atoms with E-state index in [0.29, 0.717) is 0 Å². The van der Waals surface area contributed by atoms with E-state index in [-0.39, 0.29) is 54.2 Å². The van der Waals surface area contributed by atoms with Crippen LogP contribution in [0.1, 0.15) is 100 Å². The smallest absolute Gasteiger partial charge is 0.164 e. The molecule has 5 aromatic rings. The fraction of sp³-hybridized carbons (Fsp3) is 0.465. The van der Waals surface area contributed by atoms with Crippen LogP contribution in [0.15, 0.2) is 60.6 Å². The minimum atomic E-state index is -1.46. The van der Waals surface area contributed by atoms with Crippen molar-refractivity contribution in [1.82, 2.24) is 9.97 Å². The Balaban J connectivity index is 0.000000335. The molecule has 0 saturated heterocycles. The first-order chi connectivity index (χ1) is 23.2. The molecule has 3 aromatic carbocycles. The summed E-state index contributed by atoms with van der Waals surface area (Å²) in [6.07, 6.45) is 4.81. The summed E-state index contributed by atoms with van der Waals surface area (Å²) in [5.41, 5.74) is 4.63. The molecule has 2 aromatic heterocycles. The van der Waals surface area contributed by atoms with Crippen LogP contribution in [0.25, 0.3) is 42.3 Å². The van der Waals surface area contributed by atoms with Crippen molar-refractivity contribution in [3.8, 4) is 11.3 Å². The zero-order valence-electron chi connectivity index (χ0n) is 33.4. The predicted octanol–water partition coefficient (Wildman–Crippen LogP) is 12.3. The number of thiophene rings is 1. The SMILES string of the molecule is CCC(C)(CC)C(=O)/C=C(\O)C(C)(CC)CC.[2H]c1nc(-c2[c-]c3ccccc3c(C(C)(C)C)c2)c2sc3c(C)c([Si](C)(C)C)ccc3c2n1.[Ir]. The molecule has 0 amide bonds. The third-order valence-electron chi connectivity index (χ3n) is 10.9. The number of carbonyl (C=O) groups is 1. The number of aliphatic hydroxyl groups excluding tert-OH is 1. The third-order valence-corrected chi connectivity index (χ3v) is 14.3. The Morgan fingerprint density at radius 2 is 1.50 bits per heavy atom. The van der Waals surface area contributed by atoms with E-state index in [0.717, 1.165) is 57.9 Å². The molecular weight excluding hydrogens is 829 g/mol. The molecule has 0 aliphatic rings. The van der Waals surface area contributed by atoms with Gasteiger partial charge in [-0.2, -0.15) is 0 Å². The molecule has 0 bridgehead atoms. The van der Waals surface area contributed by atoms with E-state index in [4.69, 9.17) is 1.37 Å². The molecule has 0 aliphatic heterocycles. The summed E-state index contributed by atoms with van der Waals surface area (Å²) >= 11 is 1.76. The van der Waals surface area contributed by atoms with Crippen molar-refractivity contribution in [2.75, 3.05) is 0 Å². The number of hydrogen-bond acceptors (Lipinski definition) is 5. The van der Waals surface area contributed by atoms with Gasteiger partial charge in [0.25, 0.3) is 0 Å². The number of ketones is 1. The van der Waals surface area contributed by atoms with Crippen molar-refractivity contribution < 1.29 is 31.4 Å². The molecular formula is C43H57IrN2O2SSi-. The Kier molecular flexibility index (Phi) is 12.7. The number of carbonyl (C=O) groups excluding carboxylic acids is 1. The van der Waals surface area contributed by atoms with Gasteiger partial charge in [0.2, 0.25) is 0 Å². The van der Waals surface area contributed by atoms with Gasteiger partial charge < -0.3 is 5.11 Å². The van der Waals surface area contributed by atoms with Crippen molar-refractivity contribution >= 4 is 61.5 Å². The summed E-state index contributed by atoms with van der Waals surface area (Å²) in [6.45, 7) is 28.2. The van der Waals surface area contributed by atoms with E-state index in [1.807, 2.05) is 41.5 Å². The Morgan fingerprint density at radius 1 is 0.900 bits per heavy atom. The van der Waals surface area contributed by atoms with Crippen LogP contribution in [0.3, 0.4) is 0 Å². The van der Waals surface area contributed by atoms with Gasteiger partial charge in [0.05, 0.1) is 13.6 Å². The summed E-state index contributed by atoms with van der Waals surface area (Å²) in [4.78, 5) is 21.4. The molecule has 0 saturated carbocycles. The number of allylic oxidation sites excluding steroid dienone is 2. The van der Waals surface area contributed by atoms with Gasteiger partial charge in [0, 0.05) is 57.5 Å². The van der Waals surface area contributed by atoms with Crippen molar-refractivity contribution in [1.29, 1.82) is 0 Å². The minimum absolute atomic E-state index is 0. The zero-order chi connectivity index (χ0) is 37.4. The van der Waals surface area contributed by atoms with Gasteiger partial charge in [0.15, 0.2) is 5.78 Å². The van der Waals surface area contributed by atoms with Crippen LogP contribution in [-0.4, -0.2) is 28.9 Å². The van der Waals surface area contributed by atoms with E-state index >= 15 is 0 Å². The average Bonchev–Trinajstić information content (AvgIpc) is 3.45. The Hall–Kier alpha value is -2.70. The Morgan fingerprint density at radius 3 is 2.06 bits per heavy atom. The number of fused-ring (bicyclic) bond motifs is 4. The van der Waals surface area contributed by atoms with Crippen LogP contribution < -0.4 is 5.19 Å². The number of nitrogens with zero attached hydrogens (tertiary/aromatic N) is 2. The second-order valence-electron chi connectivity index (χ2n) is 16.1. The molecule has 0 atom stereocenters. The quantitative estimate of drug-likeness (QED) is 0.0693. The van der Waals surface area contributed by atoms with E-state index in [2.05, 4.69) is 106 Å². The van der Waals surface area contributed by atoms with Crippen molar-refractivity contribution in [3.05, 3.63) is 77.8 Å². The van der Waals surface area contributed by atoms with Crippen LogP contribution in [0.2, 0.25) is 19.6 Å². The first-order valence-electron chi connectivity index (χ1n) is 18.4. The normalized spacial score (nSPS) is 13.2. The van der Waals surface area contributed by atoms with E-state index in [9.17, 15) is 9.90 Å². The second-order valence-corrected chi connectivity index (χ2v) is 22.2. The molecule has 1 radical (unpaired) electrons. The molecule has 0 aliphatic carbocycles. The number of rotatable bonds is 9. The largest absolute Gasteiger partial charge is 0.512 e. The summed E-state index contributed by atoms with van der Waals surface area (Å²) in [5, 5.41) is 15.0. The van der Waals surface area contributed by atoms with Gasteiger partial charge in [-0.05, 0) is 43.6 Å². The molecule has 2 heterocycles. The standard InChI is InChI=1S/C28H29N2SSi.C15H28O2.Ir/c1-17-23(32(5,6)7)13-12-21-25-27(31-26(17)21)24(29-16-30-25)19-14-18-10-8-9-11-20(18)22(15-19)28(2,3)4;1-7-14(5,8-2)12(16)11-13(17)15(6,9-3)10-4;/h8-13,15-16H,1-7H3;11,16H,7-10H2,1-6H3;/q-1;;/b;12-11-;/i16D;;. The van der Waals surface area contributed by atoms with Crippen LogP contribution in [0.5, 0.6) is 0 Å². The van der Waals surface area contributed by atoms with Crippen molar-refractivity contribution in [3.63, 3.8) is 0 Å². The van der Waals surface area contributed by atoms with Gasteiger partial charge in [0.1, 0.15) is 13.4 Å². The van der Waals surface area contributed by atoms with Gasteiger partial charge in [-0.15, -0.1) is 40.5 Å². The van der Waals surface area contributed by atoms with E-state index < -0.39 is 8.07 Å². The van der Waals surface area contributed by atoms with Crippen molar-refractivity contribution in [2.45, 2.75) is 120 Å². The van der Waals surface area contributed by atoms with E-state index in [1.54, 1.807) is 11.3 Å². The first kappa shape index (κ1) is 40.1. The first-order valence-corrected chi connectivity index (χ1v) is 22.2. The average molecular weight is 887 g/mol. The maximum atomic E-state index is 12.2. The minimum Gasteiger partial charge on any atom is -0.512 e. The van der Waals surface area contributed by atoms with Crippen LogP contribution in [0.4, 0.5) is 0 Å². The zero-order valence-corrected chi connectivity index (χ0v) is 36.7.